The SMILES string of the molecule is C.C.C.CCC(C)CC=C(C)C. The lowest BCUT2D eigenvalue weighted by Crippen LogP contribution is -1.88. The first-order chi connectivity index (χ1) is 4.16. The number of hydrogen-bond donors (Lipinski definition) is 0. The van der Waals surface area contributed by atoms with Gasteiger partial charge in [-0.25, -0.2) is 0 Å². The van der Waals surface area contributed by atoms with Crippen molar-refractivity contribution in [2.75, 3.05) is 0 Å². The lowest BCUT2D eigenvalue weighted by molar-refractivity contribution is 0.570. The standard InChI is InChI=1S/C9H18.3CH4/c1-5-9(4)7-6-8(2)3;;;/h6,9H,5,7H2,1-4H3;3*1H4. The predicted molar refractivity (Wildman–Crippen MR) is 63.7 cm³/mol. The van der Waals surface area contributed by atoms with Gasteiger partial charge < -0.3 is 0 Å². The Balaban J connectivity index is -0.000000107. The minimum Gasteiger partial charge on any atom is -0.0856 e. The quantitative estimate of drug-likeness (QED) is 0.509. The molecule has 0 aliphatic rings. The van der Waals surface area contributed by atoms with Crippen LogP contribution in [0.2, 0.25) is 0 Å². The van der Waals surface area contributed by atoms with Crippen molar-refractivity contribution in [1.82, 2.24) is 0 Å². The Kier molecular flexibility index (Phi) is 25.1. The molecule has 0 bridgehead atoms. The lowest BCUT2D eigenvalue weighted by Gasteiger charge is -2.02. The van der Waals surface area contributed by atoms with Gasteiger partial charge in [0, 0.05) is 0 Å². The first kappa shape index (κ1) is 22.6. The van der Waals surface area contributed by atoms with Crippen molar-refractivity contribution in [2.45, 2.75) is 62.8 Å². The molecular weight excluding hydrogens is 144 g/mol. The van der Waals surface area contributed by atoms with E-state index in [2.05, 4.69) is 33.8 Å². The minimum atomic E-state index is 0. The molecular formula is C12H30. The maximum absolute atomic E-state index is 2.31. The highest BCUT2D eigenvalue weighted by atomic mass is 14.0. The third-order valence-electron chi connectivity index (χ3n) is 1.63. The third-order valence-corrected chi connectivity index (χ3v) is 1.63. The van der Waals surface area contributed by atoms with E-state index in [1.54, 1.807) is 0 Å². The van der Waals surface area contributed by atoms with Gasteiger partial charge in [-0.1, -0.05) is 54.2 Å². The van der Waals surface area contributed by atoms with Crippen LogP contribution in [0.3, 0.4) is 0 Å². The van der Waals surface area contributed by atoms with E-state index in [1.165, 1.54) is 18.4 Å². The van der Waals surface area contributed by atoms with Crippen LogP contribution >= 0.6 is 0 Å². The second-order valence-electron chi connectivity index (χ2n) is 3.03. The first-order valence-corrected chi connectivity index (χ1v) is 3.80. The molecule has 1 atom stereocenters. The molecule has 0 saturated heterocycles. The summed E-state index contributed by atoms with van der Waals surface area (Å²) in [6.45, 7) is 8.84. The predicted octanol–water partition coefficient (Wildman–Crippen LogP) is 5.30. The van der Waals surface area contributed by atoms with Gasteiger partial charge in [0.25, 0.3) is 0 Å². The minimum absolute atomic E-state index is 0. The lowest BCUT2D eigenvalue weighted by atomic mass is 10.0. The maximum Gasteiger partial charge on any atom is -0.0322 e. The van der Waals surface area contributed by atoms with Crippen LogP contribution in [0.15, 0.2) is 11.6 Å². The van der Waals surface area contributed by atoms with Crippen molar-refractivity contribution in [2.24, 2.45) is 5.92 Å². The molecule has 78 valence electrons. The topological polar surface area (TPSA) is 0 Å². The van der Waals surface area contributed by atoms with E-state index in [-0.39, 0.29) is 22.3 Å². The fraction of sp³-hybridized carbons (Fsp3) is 0.833. The Labute approximate surface area is 81.1 Å². The van der Waals surface area contributed by atoms with Gasteiger partial charge in [0.05, 0.1) is 0 Å². The highest BCUT2D eigenvalue weighted by Crippen LogP contribution is 2.08. The average Bonchev–Trinajstić information content (AvgIpc) is 1.83. The van der Waals surface area contributed by atoms with Gasteiger partial charge in [0.2, 0.25) is 0 Å². The molecule has 0 heterocycles. The van der Waals surface area contributed by atoms with Crippen LogP contribution < -0.4 is 0 Å². The molecule has 0 aromatic rings. The summed E-state index contributed by atoms with van der Waals surface area (Å²) in [5.74, 6) is 0.861. The van der Waals surface area contributed by atoms with E-state index in [1.807, 2.05) is 0 Å². The summed E-state index contributed by atoms with van der Waals surface area (Å²) in [6.07, 6.45) is 4.86. The van der Waals surface area contributed by atoms with Gasteiger partial charge in [-0.2, -0.15) is 0 Å². The number of hydrogen-bond acceptors (Lipinski definition) is 0. The van der Waals surface area contributed by atoms with Crippen molar-refractivity contribution < 1.29 is 0 Å². The van der Waals surface area contributed by atoms with Crippen molar-refractivity contribution >= 4 is 0 Å². The van der Waals surface area contributed by atoms with E-state index in [0.717, 1.165) is 5.92 Å². The number of rotatable bonds is 3. The fourth-order valence-corrected chi connectivity index (χ4v) is 0.604. The van der Waals surface area contributed by atoms with Gasteiger partial charge in [0.1, 0.15) is 0 Å². The molecule has 0 saturated carbocycles. The van der Waals surface area contributed by atoms with Gasteiger partial charge in [0.15, 0.2) is 0 Å². The molecule has 0 fully saturated rings. The van der Waals surface area contributed by atoms with Crippen LogP contribution in [0.5, 0.6) is 0 Å². The largest absolute Gasteiger partial charge is 0.0856 e. The molecule has 1 unspecified atom stereocenters. The Bertz CT molecular complexity index is 86.2. The highest BCUT2D eigenvalue weighted by molar-refractivity contribution is 4.93. The van der Waals surface area contributed by atoms with Crippen LogP contribution in [0.25, 0.3) is 0 Å². The number of allylic oxidation sites excluding steroid dienone is 2. The van der Waals surface area contributed by atoms with E-state index in [9.17, 15) is 0 Å². The smallest absolute Gasteiger partial charge is 0.0322 e. The Morgan fingerprint density at radius 2 is 1.58 bits per heavy atom. The summed E-state index contributed by atoms with van der Waals surface area (Å²) in [4.78, 5) is 0. The Morgan fingerprint density at radius 1 is 1.17 bits per heavy atom. The zero-order valence-corrected chi connectivity index (χ0v) is 7.07. The van der Waals surface area contributed by atoms with Gasteiger partial charge in [-0.15, -0.1) is 0 Å². The van der Waals surface area contributed by atoms with E-state index >= 15 is 0 Å². The second kappa shape index (κ2) is 13.3. The van der Waals surface area contributed by atoms with Gasteiger partial charge >= 0.3 is 0 Å². The normalized spacial score (nSPS) is 9.67. The van der Waals surface area contributed by atoms with Crippen molar-refractivity contribution in [1.29, 1.82) is 0 Å². The molecule has 0 amide bonds. The maximum atomic E-state index is 2.31. The van der Waals surface area contributed by atoms with Crippen molar-refractivity contribution in [3.63, 3.8) is 0 Å². The molecule has 0 aliphatic carbocycles. The second-order valence-corrected chi connectivity index (χ2v) is 3.03. The van der Waals surface area contributed by atoms with E-state index in [0.29, 0.717) is 0 Å². The highest BCUT2D eigenvalue weighted by Gasteiger charge is 1.93. The molecule has 0 aromatic carbocycles. The molecule has 0 radical (unpaired) electrons. The van der Waals surface area contributed by atoms with E-state index in [4.69, 9.17) is 0 Å². The molecule has 0 spiro atoms. The summed E-state index contributed by atoms with van der Waals surface area (Å²) in [6, 6.07) is 0. The third kappa shape index (κ3) is 16.4. The first-order valence-electron chi connectivity index (χ1n) is 3.80. The molecule has 0 N–H and O–H groups in total. The molecule has 0 heteroatoms. The zero-order valence-electron chi connectivity index (χ0n) is 7.07. The average molecular weight is 174 g/mol. The van der Waals surface area contributed by atoms with Crippen molar-refractivity contribution in [3.8, 4) is 0 Å². The molecule has 0 aliphatic heterocycles. The molecule has 12 heavy (non-hydrogen) atoms. The Hall–Kier alpha value is -0.260. The summed E-state index contributed by atoms with van der Waals surface area (Å²) in [5.41, 5.74) is 1.44. The summed E-state index contributed by atoms with van der Waals surface area (Å²) < 4.78 is 0. The molecule has 0 aromatic heterocycles. The summed E-state index contributed by atoms with van der Waals surface area (Å²) in [5, 5.41) is 0. The van der Waals surface area contributed by atoms with Crippen LogP contribution in [-0.2, 0) is 0 Å². The monoisotopic (exact) mass is 174 g/mol. The van der Waals surface area contributed by atoms with Crippen molar-refractivity contribution in [3.05, 3.63) is 11.6 Å². The van der Waals surface area contributed by atoms with Crippen LogP contribution in [0.1, 0.15) is 62.8 Å². The van der Waals surface area contributed by atoms with Crippen LogP contribution in [0.4, 0.5) is 0 Å². The molecule has 0 nitrogen and oxygen atoms in total. The Morgan fingerprint density at radius 3 is 1.83 bits per heavy atom. The van der Waals surface area contributed by atoms with E-state index < -0.39 is 0 Å². The van der Waals surface area contributed by atoms with Crippen LogP contribution in [-0.4, -0.2) is 0 Å². The zero-order chi connectivity index (χ0) is 7.28. The van der Waals surface area contributed by atoms with Gasteiger partial charge in [-0.05, 0) is 26.2 Å². The summed E-state index contributed by atoms with van der Waals surface area (Å²) >= 11 is 0. The van der Waals surface area contributed by atoms with Crippen LogP contribution in [0, 0.1) is 5.92 Å². The fourth-order valence-electron chi connectivity index (χ4n) is 0.604. The molecule has 0 rings (SSSR count). The van der Waals surface area contributed by atoms with Gasteiger partial charge in [-0.3, -0.25) is 0 Å². The summed E-state index contributed by atoms with van der Waals surface area (Å²) in [7, 11) is 0.